The molecule has 0 saturated carbocycles. The molecule has 0 spiro atoms. The highest BCUT2D eigenvalue weighted by Gasteiger charge is 2.33. The van der Waals surface area contributed by atoms with E-state index >= 15 is 0 Å². The fourth-order valence-electron chi connectivity index (χ4n) is 2.30. The molecule has 0 bridgehead atoms. The van der Waals surface area contributed by atoms with E-state index < -0.39 is 5.97 Å². The summed E-state index contributed by atoms with van der Waals surface area (Å²) in [6.07, 6.45) is 6.68. The molecular weight excluding hydrogens is 358 g/mol. The number of thioether (sulfide) groups is 1. The molecule has 0 aliphatic carbocycles. The van der Waals surface area contributed by atoms with Gasteiger partial charge in [-0.15, -0.1) is 0 Å². The molecule has 1 fully saturated rings. The number of amides is 1. The lowest BCUT2D eigenvalue weighted by molar-refractivity contribution is -0.113. The smallest absolute Gasteiger partial charge is 0.336 e. The Morgan fingerprint density at radius 1 is 1.36 bits per heavy atom. The second kappa shape index (κ2) is 7.08. The van der Waals surface area contributed by atoms with Gasteiger partial charge in [0, 0.05) is 0 Å². The van der Waals surface area contributed by atoms with E-state index in [-0.39, 0.29) is 11.5 Å². The first-order chi connectivity index (χ1) is 12.0. The van der Waals surface area contributed by atoms with E-state index in [1.165, 1.54) is 22.7 Å². The highest BCUT2D eigenvalue weighted by atomic mass is 32.2. The van der Waals surface area contributed by atoms with E-state index in [2.05, 4.69) is 0 Å². The summed E-state index contributed by atoms with van der Waals surface area (Å²) >= 11 is 6.46. The molecule has 1 aliphatic heterocycles. The number of hydrogen-bond acceptors (Lipinski definition) is 5. The Morgan fingerprint density at radius 3 is 2.84 bits per heavy atom. The normalized spacial score (nSPS) is 16.4. The Hall–Kier alpha value is -2.64. The fourth-order valence-corrected chi connectivity index (χ4v) is 3.55. The second-order valence-electron chi connectivity index (χ2n) is 5.22. The zero-order chi connectivity index (χ0) is 18.0. The van der Waals surface area contributed by atoms with Crippen molar-refractivity contribution in [1.82, 2.24) is 0 Å². The van der Waals surface area contributed by atoms with Crippen LogP contribution in [0.3, 0.4) is 0 Å². The van der Waals surface area contributed by atoms with Gasteiger partial charge in [0.05, 0.1) is 22.4 Å². The standard InChI is InChI=1S/C18H13NO4S2/c1-11-7-8-12(10-14(11)17(21)22)19-16(20)15(25-18(19)24)6-2-4-13-5-3-9-23-13/h2-10H,1H3,(H,21,22)/b4-2+,15-6-. The summed E-state index contributed by atoms with van der Waals surface area (Å²) in [5.74, 6) is -0.641. The fraction of sp³-hybridized carbons (Fsp3) is 0.0556. The van der Waals surface area contributed by atoms with Crippen LogP contribution in [0.4, 0.5) is 5.69 Å². The van der Waals surface area contributed by atoms with Crippen molar-refractivity contribution in [3.63, 3.8) is 0 Å². The van der Waals surface area contributed by atoms with Crippen LogP contribution in [0.25, 0.3) is 6.08 Å². The maximum absolute atomic E-state index is 12.6. The number of aryl methyl sites for hydroxylation is 1. The Balaban J connectivity index is 1.87. The number of carboxylic acid groups (broad SMARTS) is 1. The summed E-state index contributed by atoms with van der Waals surface area (Å²) in [5, 5.41) is 9.25. The highest BCUT2D eigenvalue weighted by molar-refractivity contribution is 8.27. The van der Waals surface area contributed by atoms with Gasteiger partial charge in [0.15, 0.2) is 4.32 Å². The number of nitrogens with zero attached hydrogens (tertiary/aromatic N) is 1. The van der Waals surface area contributed by atoms with E-state index in [1.54, 1.807) is 55.7 Å². The third-order valence-corrected chi connectivity index (χ3v) is 4.88. The quantitative estimate of drug-likeness (QED) is 0.640. The summed E-state index contributed by atoms with van der Waals surface area (Å²) in [6.45, 7) is 1.71. The van der Waals surface area contributed by atoms with Crippen LogP contribution in [0.2, 0.25) is 0 Å². The first-order valence-electron chi connectivity index (χ1n) is 7.29. The molecule has 25 heavy (non-hydrogen) atoms. The average molecular weight is 371 g/mol. The molecule has 1 aromatic carbocycles. The van der Waals surface area contributed by atoms with E-state index in [0.29, 0.717) is 26.2 Å². The maximum atomic E-state index is 12.6. The molecule has 1 aliphatic rings. The molecule has 5 nitrogen and oxygen atoms in total. The number of thiocarbonyl (C=S) groups is 1. The summed E-state index contributed by atoms with van der Waals surface area (Å²) in [7, 11) is 0. The lowest BCUT2D eigenvalue weighted by Gasteiger charge is -2.15. The lowest BCUT2D eigenvalue weighted by atomic mass is 10.1. The molecule has 1 amide bonds. The number of carbonyl (C=O) groups is 2. The average Bonchev–Trinajstić information content (AvgIpc) is 3.17. The molecular formula is C18H13NO4S2. The predicted octanol–water partition coefficient (Wildman–Crippen LogP) is 4.25. The molecule has 1 aromatic heterocycles. The summed E-state index contributed by atoms with van der Waals surface area (Å²) < 4.78 is 5.55. The first kappa shape index (κ1) is 17.2. The number of allylic oxidation sites excluding steroid dienone is 2. The first-order valence-corrected chi connectivity index (χ1v) is 8.52. The number of rotatable bonds is 4. The van der Waals surface area contributed by atoms with Gasteiger partial charge < -0.3 is 9.52 Å². The van der Waals surface area contributed by atoms with E-state index in [9.17, 15) is 14.7 Å². The zero-order valence-electron chi connectivity index (χ0n) is 13.1. The molecule has 0 radical (unpaired) electrons. The van der Waals surface area contributed by atoms with E-state index in [1.807, 2.05) is 0 Å². The van der Waals surface area contributed by atoms with Crippen LogP contribution in [0.15, 0.2) is 58.1 Å². The van der Waals surface area contributed by atoms with Gasteiger partial charge in [-0.3, -0.25) is 9.69 Å². The third kappa shape index (κ3) is 3.57. The van der Waals surface area contributed by atoms with Crippen LogP contribution in [0.1, 0.15) is 21.7 Å². The van der Waals surface area contributed by atoms with Crippen LogP contribution in [-0.4, -0.2) is 21.3 Å². The molecule has 3 rings (SSSR count). The zero-order valence-corrected chi connectivity index (χ0v) is 14.8. The number of carbonyl (C=O) groups excluding carboxylic acids is 1. The van der Waals surface area contributed by atoms with Gasteiger partial charge >= 0.3 is 5.97 Å². The molecule has 1 N–H and O–H groups in total. The summed E-state index contributed by atoms with van der Waals surface area (Å²) in [6, 6.07) is 8.39. The molecule has 0 atom stereocenters. The van der Waals surface area contributed by atoms with Crippen LogP contribution >= 0.6 is 24.0 Å². The number of anilines is 1. The van der Waals surface area contributed by atoms with E-state index in [0.717, 1.165) is 0 Å². The van der Waals surface area contributed by atoms with Crippen LogP contribution in [-0.2, 0) is 4.79 Å². The van der Waals surface area contributed by atoms with Crippen molar-refractivity contribution in [2.75, 3.05) is 4.90 Å². The van der Waals surface area contributed by atoms with Crippen LogP contribution in [0.5, 0.6) is 0 Å². The van der Waals surface area contributed by atoms with Gasteiger partial charge in [-0.05, 0) is 48.9 Å². The second-order valence-corrected chi connectivity index (χ2v) is 6.89. The summed E-state index contributed by atoms with van der Waals surface area (Å²) in [4.78, 5) is 25.7. The minimum Gasteiger partial charge on any atom is -0.478 e. The Kier molecular flexibility index (Phi) is 4.87. The third-order valence-electron chi connectivity index (χ3n) is 3.55. The van der Waals surface area contributed by atoms with Gasteiger partial charge in [-0.2, -0.15) is 0 Å². The molecule has 126 valence electrons. The number of benzene rings is 1. The van der Waals surface area contributed by atoms with Crippen molar-refractivity contribution in [1.29, 1.82) is 0 Å². The molecule has 7 heteroatoms. The largest absolute Gasteiger partial charge is 0.478 e. The van der Waals surface area contributed by atoms with Gasteiger partial charge in [0.25, 0.3) is 5.91 Å². The van der Waals surface area contributed by atoms with E-state index in [4.69, 9.17) is 16.6 Å². The van der Waals surface area contributed by atoms with Gasteiger partial charge in [-0.25, -0.2) is 4.79 Å². The number of aromatic carboxylic acids is 1. The SMILES string of the molecule is Cc1ccc(N2C(=O)/C(=C/C=C/c3ccco3)SC2=S)cc1C(=O)O. The summed E-state index contributed by atoms with van der Waals surface area (Å²) in [5.41, 5.74) is 1.22. The van der Waals surface area contributed by atoms with Crippen molar-refractivity contribution in [2.45, 2.75) is 6.92 Å². The molecule has 1 saturated heterocycles. The Bertz CT molecular complexity index is 913. The molecule has 0 unspecified atom stereocenters. The number of hydrogen-bond donors (Lipinski definition) is 1. The van der Waals surface area contributed by atoms with Crippen molar-refractivity contribution in [3.8, 4) is 0 Å². The van der Waals surface area contributed by atoms with Gasteiger partial charge in [-0.1, -0.05) is 36.1 Å². The monoisotopic (exact) mass is 371 g/mol. The molecule has 2 heterocycles. The number of furan rings is 1. The minimum absolute atomic E-state index is 0.147. The van der Waals surface area contributed by atoms with Crippen molar-refractivity contribution in [3.05, 3.63) is 70.5 Å². The Labute approximate surface area is 153 Å². The maximum Gasteiger partial charge on any atom is 0.336 e. The van der Waals surface area contributed by atoms with Gasteiger partial charge in [0.2, 0.25) is 0 Å². The lowest BCUT2D eigenvalue weighted by Crippen LogP contribution is -2.27. The van der Waals surface area contributed by atoms with Crippen molar-refractivity contribution < 1.29 is 19.1 Å². The molecule has 2 aromatic rings. The topological polar surface area (TPSA) is 70.8 Å². The van der Waals surface area contributed by atoms with Crippen molar-refractivity contribution in [2.24, 2.45) is 0 Å². The highest BCUT2D eigenvalue weighted by Crippen LogP contribution is 2.35. The van der Waals surface area contributed by atoms with Crippen LogP contribution in [0, 0.1) is 6.92 Å². The van der Waals surface area contributed by atoms with Gasteiger partial charge in [0.1, 0.15) is 5.76 Å². The number of carboxylic acids is 1. The van der Waals surface area contributed by atoms with Crippen LogP contribution < -0.4 is 4.90 Å². The minimum atomic E-state index is -1.04. The Morgan fingerprint density at radius 2 is 2.16 bits per heavy atom. The predicted molar refractivity (Wildman–Crippen MR) is 102 cm³/mol. The van der Waals surface area contributed by atoms with Crippen molar-refractivity contribution >= 4 is 51.9 Å².